The number of aliphatic hydroxyl groups excluding tert-OH is 1. The predicted octanol–water partition coefficient (Wildman–Crippen LogP) is 2.23. The van der Waals surface area contributed by atoms with Gasteiger partial charge in [0.25, 0.3) is 5.69 Å². The van der Waals surface area contributed by atoms with Crippen molar-refractivity contribution >= 4 is 5.69 Å². The molecule has 0 bridgehead atoms. The molecule has 1 aromatic rings. The van der Waals surface area contributed by atoms with Crippen LogP contribution in [0, 0.1) is 21.8 Å². The smallest absolute Gasteiger partial charge is 0.272 e. The first-order valence-electron chi connectivity index (χ1n) is 6.28. The van der Waals surface area contributed by atoms with E-state index in [1.54, 1.807) is 0 Å². The highest BCUT2D eigenvalue weighted by atomic mass is 19.1. The van der Waals surface area contributed by atoms with E-state index in [2.05, 4.69) is 5.32 Å². The van der Waals surface area contributed by atoms with E-state index in [0.29, 0.717) is 12.1 Å². The lowest BCUT2D eigenvalue weighted by atomic mass is 10.1. The Labute approximate surface area is 111 Å². The number of nitrogens with one attached hydrogen (secondary N) is 1. The summed E-state index contributed by atoms with van der Waals surface area (Å²) in [6.07, 6.45) is 1.81. The highest BCUT2D eigenvalue weighted by Gasteiger charge is 2.09. The van der Waals surface area contributed by atoms with Crippen molar-refractivity contribution in [3.8, 4) is 0 Å². The molecule has 0 aliphatic rings. The van der Waals surface area contributed by atoms with Crippen LogP contribution >= 0.6 is 0 Å². The average Bonchev–Trinajstić information content (AvgIpc) is 2.37. The van der Waals surface area contributed by atoms with Gasteiger partial charge in [-0.25, -0.2) is 4.39 Å². The Morgan fingerprint density at radius 1 is 1.47 bits per heavy atom. The summed E-state index contributed by atoms with van der Waals surface area (Å²) >= 11 is 0. The fourth-order valence-electron chi connectivity index (χ4n) is 1.74. The van der Waals surface area contributed by atoms with E-state index in [1.165, 1.54) is 12.1 Å². The molecule has 0 spiro atoms. The molecule has 1 unspecified atom stereocenters. The first-order valence-corrected chi connectivity index (χ1v) is 6.28. The number of hydrogen-bond donors (Lipinski definition) is 2. The minimum atomic E-state index is -0.602. The normalized spacial score (nSPS) is 12.4. The van der Waals surface area contributed by atoms with Gasteiger partial charge < -0.3 is 10.4 Å². The molecule has 1 atom stereocenters. The second-order valence-electron chi connectivity index (χ2n) is 4.68. The van der Waals surface area contributed by atoms with Crippen molar-refractivity contribution in [3.63, 3.8) is 0 Å². The van der Waals surface area contributed by atoms with Crippen molar-refractivity contribution in [2.24, 2.45) is 5.92 Å². The molecule has 0 amide bonds. The van der Waals surface area contributed by atoms with Crippen molar-refractivity contribution in [3.05, 3.63) is 39.7 Å². The molecule has 0 saturated carbocycles. The summed E-state index contributed by atoms with van der Waals surface area (Å²) in [6.45, 7) is 3.27. The number of rotatable bonds is 8. The third-order valence-electron chi connectivity index (χ3n) is 2.84. The monoisotopic (exact) mass is 270 g/mol. The summed E-state index contributed by atoms with van der Waals surface area (Å²) in [6, 6.07) is 3.56. The van der Waals surface area contributed by atoms with Crippen molar-refractivity contribution in [2.45, 2.75) is 26.3 Å². The van der Waals surface area contributed by atoms with Gasteiger partial charge in [-0.3, -0.25) is 10.1 Å². The van der Waals surface area contributed by atoms with E-state index in [-0.39, 0.29) is 18.2 Å². The van der Waals surface area contributed by atoms with Crippen molar-refractivity contribution in [1.82, 2.24) is 5.32 Å². The minimum Gasteiger partial charge on any atom is -0.396 e. The molecule has 1 rings (SSSR count). The lowest BCUT2D eigenvalue weighted by Gasteiger charge is -2.08. The first-order chi connectivity index (χ1) is 9.02. The SMILES string of the molecule is CC(CO)CCCNCc1cc(F)cc([N+](=O)[O-])c1. The van der Waals surface area contributed by atoms with Crippen molar-refractivity contribution in [1.29, 1.82) is 0 Å². The van der Waals surface area contributed by atoms with Gasteiger partial charge in [-0.1, -0.05) is 6.92 Å². The quantitative estimate of drug-likeness (QED) is 0.431. The van der Waals surface area contributed by atoms with Crippen LogP contribution in [0.1, 0.15) is 25.3 Å². The molecule has 0 heterocycles. The Morgan fingerprint density at radius 2 is 2.21 bits per heavy atom. The van der Waals surface area contributed by atoms with Crippen LogP contribution in [0.2, 0.25) is 0 Å². The molecule has 0 aliphatic heterocycles. The summed E-state index contributed by atoms with van der Waals surface area (Å²) in [7, 11) is 0. The van der Waals surface area contributed by atoms with Gasteiger partial charge in [0.15, 0.2) is 0 Å². The minimum absolute atomic E-state index is 0.177. The van der Waals surface area contributed by atoms with Crippen LogP contribution in [0.15, 0.2) is 18.2 Å². The van der Waals surface area contributed by atoms with E-state index in [4.69, 9.17) is 5.11 Å². The summed E-state index contributed by atoms with van der Waals surface area (Å²) in [5.74, 6) is -0.322. The third-order valence-corrected chi connectivity index (χ3v) is 2.84. The van der Waals surface area contributed by atoms with Crippen molar-refractivity contribution in [2.75, 3.05) is 13.2 Å². The fourth-order valence-corrected chi connectivity index (χ4v) is 1.74. The lowest BCUT2D eigenvalue weighted by molar-refractivity contribution is -0.385. The Morgan fingerprint density at radius 3 is 2.84 bits per heavy atom. The summed E-state index contributed by atoms with van der Waals surface area (Å²) in [5, 5.41) is 22.5. The Bertz CT molecular complexity index is 426. The van der Waals surface area contributed by atoms with E-state index in [9.17, 15) is 14.5 Å². The van der Waals surface area contributed by atoms with Crippen LogP contribution in [0.3, 0.4) is 0 Å². The van der Waals surface area contributed by atoms with E-state index >= 15 is 0 Å². The van der Waals surface area contributed by atoms with Gasteiger partial charge in [-0.05, 0) is 36.9 Å². The number of hydrogen-bond acceptors (Lipinski definition) is 4. The Kier molecular flexibility index (Phi) is 6.38. The van der Waals surface area contributed by atoms with Gasteiger partial charge in [-0.15, -0.1) is 0 Å². The maximum absolute atomic E-state index is 13.2. The summed E-state index contributed by atoms with van der Waals surface area (Å²) < 4.78 is 13.2. The molecule has 106 valence electrons. The summed E-state index contributed by atoms with van der Waals surface area (Å²) in [4.78, 5) is 9.98. The fraction of sp³-hybridized carbons (Fsp3) is 0.538. The van der Waals surface area contributed by atoms with Gasteiger partial charge >= 0.3 is 0 Å². The number of nitro groups is 1. The molecule has 0 aliphatic carbocycles. The standard InChI is InChI=1S/C13H19FN2O3/c1-10(9-17)3-2-4-15-8-11-5-12(14)7-13(6-11)16(18)19/h5-7,10,15,17H,2-4,8-9H2,1H3. The second-order valence-corrected chi connectivity index (χ2v) is 4.68. The maximum Gasteiger partial charge on any atom is 0.272 e. The Balaban J connectivity index is 2.39. The van der Waals surface area contributed by atoms with Gasteiger partial charge in [-0.2, -0.15) is 0 Å². The molecule has 0 radical (unpaired) electrons. The van der Waals surface area contributed by atoms with Crippen LogP contribution in [-0.4, -0.2) is 23.2 Å². The summed E-state index contributed by atoms with van der Waals surface area (Å²) in [5.41, 5.74) is 0.326. The number of nitrogens with zero attached hydrogens (tertiary/aromatic N) is 1. The lowest BCUT2D eigenvalue weighted by Crippen LogP contribution is -2.16. The predicted molar refractivity (Wildman–Crippen MR) is 70.2 cm³/mol. The number of halogens is 1. The zero-order valence-electron chi connectivity index (χ0n) is 10.9. The van der Waals surface area contributed by atoms with Crippen LogP contribution in [0.25, 0.3) is 0 Å². The average molecular weight is 270 g/mol. The zero-order chi connectivity index (χ0) is 14.3. The van der Waals surface area contributed by atoms with E-state index < -0.39 is 10.7 Å². The molecule has 19 heavy (non-hydrogen) atoms. The third kappa shape index (κ3) is 5.76. The number of non-ortho nitro benzene ring substituents is 1. The molecule has 6 heteroatoms. The molecule has 0 saturated heterocycles. The van der Waals surface area contributed by atoms with Gasteiger partial charge in [0, 0.05) is 19.2 Å². The van der Waals surface area contributed by atoms with E-state index in [1.807, 2.05) is 6.92 Å². The molecular formula is C13H19FN2O3. The van der Waals surface area contributed by atoms with Crippen LogP contribution in [-0.2, 0) is 6.54 Å². The molecule has 5 nitrogen and oxygen atoms in total. The highest BCUT2D eigenvalue weighted by molar-refractivity contribution is 5.35. The number of benzene rings is 1. The van der Waals surface area contributed by atoms with Gasteiger partial charge in [0.2, 0.25) is 0 Å². The van der Waals surface area contributed by atoms with Crippen LogP contribution < -0.4 is 5.32 Å². The molecule has 0 aromatic heterocycles. The van der Waals surface area contributed by atoms with Crippen LogP contribution in [0.4, 0.5) is 10.1 Å². The number of aliphatic hydroxyl groups is 1. The topological polar surface area (TPSA) is 75.4 Å². The zero-order valence-corrected chi connectivity index (χ0v) is 10.9. The van der Waals surface area contributed by atoms with Gasteiger partial charge in [0.05, 0.1) is 11.0 Å². The van der Waals surface area contributed by atoms with Crippen molar-refractivity contribution < 1.29 is 14.4 Å². The molecule has 0 fully saturated rings. The second kappa shape index (κ2) is 7.81. The Hall–Kier alpha value is -1.53. The van der Waals surface area contributed by atoms with E-state index in [0.717, 1.165) is 25.5 Å². The molecule has 2 N–H and O–H groups in total. The number of nitro benzene ring substituents is 1. The first kappa shape index (κ1) is 15.5. The molecule has 1 aromatic carbocycles. The van der Waals surface area contributed by atoms with Crippen LogP contribution in [0.5, 0.6) is 0 Å². The maximum atomic E-state index is 13.2. The largest absolute Gasteiger partial charge is 0.396 e. The highest BCUT2D eigenvalue weighted by Crippen LogP contribution is 2.16. The van der Waals surface area contributed by atoms with Gasteiger partial charge in [0.1, 0.15) is 5.82 Å². The molecular weight excluding hydrogens is 251 g/mol.